The highest BCUT2D eigenvalue weighted by molar-refractivity contribution is 5.90. The lowest BCUT2D eigenvalue weighted by Crippen LogP contribution is -2.39. The molecule has 1 atom stereocenters. The number of para-hydroxylation sites is 1. The van der Waals surface area contributed by atoms with E-state index in [4.69, 9.17) is 0 Å². The Bertz CT molecular complexity index is 999. The van der Waals surface area contributed by atoms with E-state index in [1.54, 1.807) is 0 Å². The number of aryl methyl sites for hydroxylation is 2. The zero-order valence-electron chi connectivity index (χ0n) is 15.9. The Morgan fingerprint density at radius 3 is 2.70 bits per heavy atom. The van der Waals surface area contributed by atoms with Gasteiger partial charge < -0.3 is 9.88 Å². The number of aromatic nitrogens is 1. The molecule has 0 saturated heterocycles. The van der Waals surface area contributed by atoms with E-state index in [0.29, 0.717) is 12.5 Å². The molecule has 3 heteroatoms. The molecular formula is C24H26N2O. The highest BCUT2D eigenvalue weighted by Crippen LogP contribution is 2.41. The molecule has 1 unspecified atom stereocenters. The molecule has 2 aliphatic rings. The SMILES string of the molecule is Cc1[nH]c2ccccc2c1CC(=O)N(C1CC1)C1CCCc2ccccc21. The zero-order valence-corrected chi connectivity index (χ0v) is 15.9. The predicted molar refractivity (Wildman–Crippen MR) is 109 cm³/mol. The molecule has 2 aliphatic carbocycles. The van der Waals surface area contributed by atoms with Crippen molar-refractivity contribution < 1.29 is 4.79 Å². The van der Waals surface area contributed by atoms with Gasteiger partial charge in [-0.25, -0.2) is 0 Å². The predicted octanol–water partition coefficient (Wildman–Crippen LogP) is 5.09. The van der Waals surface area contributed by atoms with Crippen molar-refractivity contribution in [3.05, 3.63) is 70.9 Å². The third-order valence-electron chi connectivity index (χ3n) is 6.26. The fourth-order valence-electron chi connectivity index (χ4n) is 4.81. The van der Waals surface area contributed by atoms with Crippen LogP contribution in [0.4, 0.5) is 0 Å². The minimum absolute atomic E-state index is 0.250. The first-order valence-electron chi connectivity index (χ1n) is 10.2. The van der Waals surface area contributed by atoms with Gasteiger partial charge in [-0.1, -0.05) is 42.5 Å². The van der Waals surface area contributed by atoms with Crippen LogP contribution in [0.3, 0.4) is 0 Å². The van der Waals surface area contributed by atoms with Crippen molar-refractivity contribution >= 4 is 16.8 Å². The second kappa shape index (κ2) is 6.56. The van der Waals surface area contributed by atoms with Gasteiger partial charge >= 0.3 is 0 Å². The number of rotatable bonds is 4. The van der Waals surface area contributed by atoms with Gasteiger partial charge in [0.15, 0.2) is 0 Å². The topological polar surface area (TPSA) is 36.1 Å². The van der Waals surface area contributed by atoms with Gasteiger partial charge in [-0.05, 0) is 61.8 Å². The summed E-state index contributed by atoms with van der Waals surface area (Å²) in [5, 5.41) is 1.18. The maximum absolute atomic E-state index is 13.5. The van der Waals surface area contributed by atoms with Crippen LogP contribution in [0.15, 0.2) is 48.5 Å². The minimum atomic E-state index is 0.250. The van der Waals surface area contributed by atoms with Gasteiger partial charge in [0, 0.05) is 22.6 Å². The number of hydrogen-bond donors (Lipinski definition) is 1. The van der Waals surface area contributed by atoms with E-state index in [-0.39, 0.29) is 11.9 Å². The molecule has 27 heavy (non-hydrogen) atoms. The lowest BCUT2D eigenvalue weighted by molar-refractivity contribution is -0.134. The van der Waals surface area contributed by atoms with Gasteiger partial charge in [-0.2, -0.15) is 0 Å². The van der Waals surface area contributed by atoms with Crippen molar-refractivity contribution in [3.8, 4) is 0 Å². The van der Waals surface area contributed by atoms with Gasteiger partial charge in [0.2, 0.25) is 5.91 Å². The van der Waals surface area contributed by atoms with Gasteiger partial charge in [0.25, 0.3) is 0 Å². The van der Waals surface area contributed by atoms with Crippen LogP contribution in [-0.2, 0) is 17.6 Å². The molecule has 0 bridgehead atoms. The van der Waals surface area contributed by atoms with Crippen LogP contribution < -0.4 is 0 Å². The van der Waals surface area contributed by atoms with Crippen LogP contribution in [0.2, 0.25) is 0 Å². The Morgan fingerprint density at radius 1 is 1.07 bits per heavy atom. The molecule has 3 nitrogen and oxygen atoms in total. The molecule has 1 aromatic heterocycles. The number of carbonyl (C=O) groups is 1. The van der Waals surface area contributed by atoms with Crippen LogP contribution in [-0.4, -0.2) is 21.8 Å². The number of hydrogen-bond acceptors (Lipinski definition) is 1. The second-order valence-corrected chi connectivity index (χ2v) is 8.09. The summed E-state index contributed by atoms with van der Waals surface area (Å²) in [6.45, 7) is 2.08. The van der Waals surface area contributed by atoms with E-state index in [0.717, 1.165) is 42.5 Å². The number of benzene rings is 2. The monoisotopic (exact) mass is 358 g/mol. The molecule has 1 saturated carbocycles. The highest BCUT2D eigenvalue weighted by atomic mass is 16.2. The second-order valence-electron chi connectivity index (χ2n) is 8.09. The average Bonchev–Trinajstić information content (AvgIpc) is 3.47. The largest absolute Gasteiger partial charge is 0.358 e. The smallest absolute Gasteiger partial charge is 0.227 e. The molecule has 0 radical (unpaired) electrons. The van der Waals surface area contributed by atoms with E-state index in [1.807, 2.05) is 6.07 Å². The van der Waals surface area contributed by atoms with E-state index < -0.39 is 0 Å². The summed E-state index contributed by atoms with van der Waals surface area (Å²) in [5.41, 5.74) is 6.20. The molecule has 1 heterocycles. The Labute approximate surface area is 160 Å². The van der Waals surface area contributed by atoms with Crippen molar-refractivity contribution in [2.24, 2.45) is 0 Å². The summed E-state index contributed by atoms with van der Waals surface area (Å²) in [4.78, 5) is 19.2. The highest BCUT2D eigenvalue weighted by Gasteiger charge is 2.39. The van der Waals surface area contributed by atoms with Crippen LogP contribution in [0, 0.1) is 6.92 Å². The van der Waals surface area contributed by atoms with Crippen LogP contribution >= 0.6 is 0 Å². The summed E-state index contributed by atoms with van der Waals surface area (Å²) in [6, 6.07) is 17.7. The molecule has 1 amide bonds. The van der Waals surface area contributed by atoms with E-state index in [9.17, 15) is 4.79 Å². The van der Waals surface area contributed by atoms with Crippen molar-refractivity contribution in [1.29, 1.82) is 0 Å². The third-order valence-corrected chi connectivity index (χ3v) is 6.26. The van der Waals surface area contributed by atoms with Crippen LogP contribution in [0.5, 0.6) is 0 Å². The minimum Gasteiger partial charge on any atom is -0.358 e. The summed E-state index contributed by atoms with van der Waals surface area (Å²) in [7, 11) is 0. The van der Waals surface area contributed by atoms with E-state index in [1.165, 1.54) is 22.9 Å². The van der Waals surface area contributed by atoms with Crippen molar-refractivity contribution in [2.75, 3.05) is 0 Å². The van der Waals surface area contributed by atoms with Crippen LogP contribution in [0.1, 0.15) is 54.1 Å². The molecule has 2 aromatic carbocycles. The summed E-state index contributed by atoms with van der Waals surface area (Å²) >= 11 is 0. The Morgan fingerprint density at radius 2 is 1.85 bits per heavy atom. The molecule has 3 aromatic rings. The zero-order chi connectivity index (χ0) is 18.4. The standard InChI is InChI=1S/C24H26N2O/c1-16-21(20-10-4-5-11-22(20)25-16)15-24(27)26(18-13-14-18)23-12-6-8-17-7-2-3-9-19(17)23/h2-5,7,9-11,18,23,25H,6,8,12-15H2,1H3. The molecule has 0 aliphatic heterocycles. The van der Waals surface area contributed by atoms with Crippen molar-refractivity contribution in [3.63, 3.8) is 0 Å². The quantitative estimate of drug-likeness (QED) is 0.693. The van der Waals surface area contributed by atoms with Gasteiger partial charge in [-0.3, -0.25) is 4.79 Å². The van der Waals surface area contributed by atoms with E-state index >= 15 is 0 Å². The van der Waals surface area contributed by atoms with Gasteiger partial charge in [-0.15, -0.1) is 0 Å². The maximum Gasteiger partial charge on any atom is 0.227 e. The Balaban J connectivity index is 1.48. The first kappa shape index (κ1) is 16.6. The number of carbonyl (C=O) groups excluding carboxylic acids is 1. The summed E-state index contributed by atoms with van der Waals surface area (Å²) in [5.74, 6) is 0.284. The fourth-order valence-corrected chi connectivity index (χ4v) is 4.81. The van der Waals surface area contributed by atoms with E-state index in [2.05, 4.69) is 59.3 Å². The number of fused-ring (bicyclic) bond motifs is 2. The van der Waals surface area contributed by atoms with Crippen LogP contribution in [0.25, 0.3) is 10.9 Å². The first-order chi connectivity index (χ1) is 13.2. The first-order valence-corrected chi connectivity index (χ1v) is 10.2. The maximum atomic E-state index is 13.5. The van der Waals surface area contributed by atoms with Gasteiger partial charge in [0.05, 0.1) is 12.5 Å². The summed E-state index contributed by atoms with van der Waals surface area (Å²) in [6.07, 6.45) is 6.19. The lowest BCUT2D eigenvalue weighted by atomic mass is 9.86. The molecule has 1 N–H and O–H groups in total. The Hall–Kier alpha value is -2.55. The lowest BCUT2D eigenvalue weighted by Gasteiger charge is -2.36. The molecule has 138 valence electrons. The summed E-state index contributed by atoms with van der Waals surface area (Å²) < 4.78 is 0. The normalized spacial score (nSPS) is 19.1. The number of nitrogens with zero attached hydrogens (tertiary/aromatic N) is 1. The van der Waals surface area contributed by atoms with Crippen molar-refractivity contribution in [1.82, 2.24) is 9.88 Å². The molecule has 0 spiro atoms. The number of H-pyrrole nitrogens is 1. The average molecular weight is 358 g/mol. The van der Waals surface area contributed by atoms with Gasteiger partial charge in [0.1, 0.15) is 0 Å². The Kier molecular flexibility index (Phi) is 4.04. The molecular weight excluding hydrogens is 332 g/mol. The molecule has 1 fully saturated rings. The number of amides is 1. The third kappa shape index (κ3) is 2.95. The number of nitrogens with one attached hydrogen (secondary N) is 1. The molecule has 5 rings (SSSR count). The van der Waals surface area contributed by atoms with Crippen molar-refractivity contribution in [2.45, 2.75) is 57.5 Å². The fraction of sp³-hybridized carbons (Fsp3) is 0.375. The number of aromatic amines is 1.